The number of amides is 1. The SMILES string of the molecule is CCCCCCCCCCCCCC/C=C\CCCCCCCCCCCC(O)C(=O)NC(CO)C(O)C(O)CCC/C=C/CC/C=C/CC/C=C/CCCCCCCCCCCCCCCCCC. The first-order chi connectivity index (χ1) is 34.5. The average Bonchev–Trinajstić information content (AvgIpc) is 3.36. The van der Waals surface area contributed by atoms with Gasteiger partial charge in [-0.2, -0.15) is 0 Å². The number of rotatable bonds is 57. The van der Waals surface area contributed by atoms with E-state index in [0.717, 1.165) is 51.4 Å². The third-order valence-electron chi connectivity index (χ3n) is 14.5. The second kappa shape index (κ2) is 58.2. The Morgan fingerprint density at radius 1 is 0.343 bits per heavy atom. The summed E-state index contributed by atoms with van der Waals surface area (Å²) in [5.41, 5.74) is 0. The summed E-state index contributed by atoms with van der Waals surface area (Å²) in [6.07, 6.45) is 74.9. The summed E-state index contributed by atoms with van der Waals surface area (Å²) in [4.78, 5) is 12.6. The van der Waals surface area contributed by atoms with Crippen LogP contribution in [0.5, 0.6) is 0 Å². The van der Waals surface area contributed by atoms with E-state index in [4.69, 9.17) is 0 Å². The molecule has 0 aromatic carbocycles. The number of allylic oxidation sites excluding steroid dienone is 8. The van der Waals surface area contributed by atoms with Gasteiger partial charge in [0.05, 0.1) is 18.8 Å². The molecule has 0 radical (unpaired) electrons. The largest absolute Gasteiger partial charge is 0.394 e. The number of unbranched alkanes of at least 4 members (excludes halogenated alkanes) is 40. The van der Waals surface area contributed by atoms with Gasteiger partial charge in [-0.3, -0.25) is 4.79 Å². The van der Waals surface area contributed by atoms with E-state index in [-0.39, 0.29) is 0 Å². The number of carbonyl (C=O) groups is 1. The topological polar surface area (TPSA) is 110 Å². The minimum absolute atomic E-state index is 0.356. The van der Waals surface area contributed by atoms with Crippen LogP contribution in [0, 0.1) is 0 Å². The number of hydrogen-bond acceptors (Lipinski definition) is 5. The maximum absolute atomic E-state index is 12.6. The second-order valence-electron chi connectivity index (χ2n) is 21.4. The molecule has 70 heavy (non-hydrogen) atoms. The van der Waals surface area contributed by atoms with Gasteiger partial charge >= 0.3 is 0 Å². The normalized spacial score (nSPS) is 14.0. The van der Waals surface area contributed by atoms with Gasteiger partial charge < -0.3 is 25.7 Å². The minimum atomic E-state index is -1.30. The van der Waals surface area contributed by atoms with Crippen molar-refractivity contribution < 1.29 is 25.2 Å². The van der Waals surface area contributed by atoms with Crippen LogP contribution in [0.25, 0.3) is 0 Å². The lowest BCUT2D eigenvalue weighted by molar-refractivity contribution is -0.132. The Morgan fingerprint density at radius 3 is 0.900 bits per heavy atom. The van der Waals surface area contributed by atoms with Crippen LogP contribution >= 0.6 is 0 Å². The van der Waals surface area contributed by atoms with E-state index in [0.29, 0.717) is 19.3 Å². The Kier molecular flexibility index (Phi) is 56.7. The monoisotopic (exact) mass is 984 g/mol. The van der Waals surface area contributed by atoms with Crippen LogP contribution in [0.15, 0.2) is 48.6 Å². The number of nitrogens with one attached hydrogen (secondary N) is 1. The van der Waals surface area contributed by atoms with Crippen LogP contribution in [0.3, 0.4) is 0 Å². The minimum Gasteiger partial charge on any atom is -0.394 e. The van der Waals surface area contributed by atoms with Crippen molar-refractivity contribution in [2.75, 3.05) is 6.61 Å². The van der Waals surface area contributed by atoms with Gasteiger partial charge in [0, 0.05) is 0 Å². The average molecular weight is 985 g/mol. The van der Waals surface area contributed by atoms with Crippen LogP contribution in [0.1, 0.15) is 322 Å². The number of carbonyl (C=O) groups excluding carboxylic acids is 1. The molecule has 0 saturated carbocycles. The molecule has 412 valence electrons. The van der Waals surface area contributed by atoms with Gasteiger partial charge in [0.2, 0.25) is 5.91 Å². The molecule has 1 amide bonds. The van der Waals surface area contributed by atoms with E-state index in [1.165, 1.54) is 238 Å². The molecular weight excluding hydrogens is 863 g/mol. The van der Waals surface area contributed by atoms with E-state index in [9.17, 15) is 25.2 Å². The zero-order valence-electron chi connectivity index (χ0n) is 46.8. The molecule has 0 fully saturated rings. The molecule has 0 aliphatic rings. The Bertz CT molecular complexity index is 1150. The highest BCUT2D eigenvalue weighted by Gasteiger charge is 2.28. The van der Waals surface area contributed by atoms with Gasteiger partial charge in [-0.05, 0) is 89.9 Å². The molecule has 0 aliphatic carbocycles. The summed E-state index contributed by atoms with van der Waals surface area (Å²) in [7, 11) is 0. The molecule has 0 aromatic heterocycles. The van der Waals surface area contributed by atoms with Gasteiger partial charge in [0.1, 0.15) is 12.2 Å². The molecule has 0 spiro atoms. The number of aliphatic hydroxyl groups is 4. The van der Waals surface area contributed by atoms with Crippen molar-refractivity contribution in [2.45, 2.75) is 346 Å². The fourth-order valence-corrected chi connectivity index (χ4v) is 9.61. The van der Waals surface area contributed by atoms with Gasteiger partial charge in [-0.1, -0.05) is 281 Å². The van der Waals surface area contributed by atoms with Crippen molar-refractivity contribution in [3.63, 3.8) is 0 Å². The molecule has 5 N–H and O–H groups in total. The fraction of sp³-hybridized carbons (Fsp3) is 0.859. The lowest BCUT2D eigenvalue weighted by Gasteiger charge is -2.27. The standard InChI is InChI=1S/C64H121NO5/c1-3-5-7-9-11-13-15-17-19-21-23-25-27-29-30-31-32-34-35-37-39-41-43-45-47-49-51-53-55-57-61(67)63(69)60(59-66)65-64(70)62(68)58-56-54-52-50-48-46-44-42-40-38-36-33-28-26-24-22-20-18-16-14-12-10-8-6-4-2/h33-36,41,43,49,51,60-63,66-69H,3-32,37-40,42,44-48,50,52-59H2,1-2H3,(H,65,70)/b35-34+,36-33-,43-41+,51-49+. The predicted octanol–water partition coefficient (Wildman–Crippen LogP) is 18.5. The van der Waals surface area contributed by atoms with E-state index >= 15 is 0 Å². The van der Waals surface area contributed by atoms with Crippen LogP contribution in [0.2, 0.25) is 0 Å². The van der Waals surface area contributed by atoms with Crippen molar-refractivity contribution in [3.05, 3.63) is 48.6 Å². The van der Waals surface area contributed by atoms with E-state index in [2.05, 4.69) is 67.8 Å². The first-order valence-corrected chi connectivity index (χ1v) is 31.0. The fourth-order valence-electron chi connectivity index (χ4n) is 9.61. The maximum atomic E-state index is 12.6. The van der Waals surface area contributed by atoms with Crippen LogP contribution in [-0.4, -0.2) is 57.3 Å². The van der Waals surface area contributed by atoms with Gasteiger partial charge in [-0.25, -0.2) is 0 Å². The van der Waals surface area contributed by atoms with Gasteiger partial charge in [0.15, 0.2) is 0 Å². The number of aliphatic hydroxyl groups excluding tert-OH is 4. The lowest BCUT2D eigenvalue weighted by Crippen LogP contribution is -2.53. The summed E-state index contributed by atoms with van der Waals surface area (Å²) in [6, 6.07) is -1.02. The van der Waals surface area contributed by atoms with E-state index in [1.54, 1.807) is 0 Å². The molecule has 0 rings (SSSR count). The second-order valence-corrected chi connectivity index (χ2v) is 21.4. The van der Waals surface area contributed by atoms with Crippen molar-refractivity contribution >= 4 is 5.91 Å². The molecule has 0 heterocycles. The maximum Gasteiger partial charge on any atom is 0.249 e. The van der Waals surface area contributed by atoms with Crippen molar-refractivity contribution in [2.24, 2.45) is 0 Å². The highest BCUT2D eigenvalue weighted by atomic mass is 16.3. The molecule has 0 aliphatic heterocycles. The van der Waals surface area contributed by atoms with E-state index < -0.39 is 36.9 Å². The summed E-state index contributed by atoms with van der Waals surface area (Å²) < 4.78 is 0. The highest BCUT2D eigenvalue weighted by Crippen LogP contribution is 2.17. The summed E-state index contributed by atoms with van der Waals surface area (Å²) >= 11 is 0. The van der Waals surface area contributed by atoms with Gasteiger partial charge in [0.25, 0.3) is 0 Å². The summed E-state index contributed by atoms with van der Waals surface area (Å²) in [6.45, 7) is 4.08. The predicted molar refractivity (Wildman–Crippen MR) is 307 cm³/mol. The smallest absolute Gasteiger partial charge is 0.249 e. The molecule has 0 saturated heterocycles. The summed E-state index contributed by atoms with van der Waals surface area (Å²) in [5, 5.41) is 44.0. The highest BCUT2D eigenvalue weighted by molar-refractivity contribution is 5.80. The zero-order chi connectivity index (χ0) is 50.9. The zero-order valence-corrected chi connectivity index (χ0v) is 46.8. The quantitative estimate of drug-likeness (QED) is 0.0308. The Balaban J connectivity index is 3.68. The molecule has 0 bridgehead atoms. The number of hydrogen-bond donors (Lipinski definition) is 5. The Hall–Kier alpha value is -1.73. The molecular formula is C64H121NO5. The molecule has 6 nitrogen and oxygen atoms in total. The van der Waals surface area contributed by atoms with Crippen LogP contribution < -0.4 is 5.32 Å². The Labute approximate surface area is 436 Å². The molecule has 4 atom stereocenters. The van der Waals surface area contributed by atoms with Crippen LogP contribution in [0.4, 0.5) is 0 Å². The summed E-state index contributed by atoms with van der Waals surface area (Å²) in [5.74, 6) is -0.598. The Morgan fingerprint density at radius 2 is 0.600 bits per heavy atom. The van der Waals surface area contributed by atoms with Crippen molar-refractivity contribution in [3.8, 4) is 0 Å². The van der Waals surface area contributed by atoms with Crippen molar-refractivity contribution in [1.82, 2.24) is 5.32 Å². The third-order valence-corrected chi connectivity index (χ3v) is 14.5. The van der Waals surface area contributed by atoms with Crippen LogP contribution in [-0.2, 0) is 4.79 Å². The first kappa shape index (κ1) is 68.3. The van der Waals surface area contributed by atoms with Gasteiger partial charge in [-0.15, -0.1) is 0 Å². The third kappa shape index (κ3) is 51.2. The molecule has 6 heteroatoms. The van der Waals surface area contributed by atoms with Crippen molar-refractivity contribution in [1.29, 1.82) is 0 Å². The lowest BCUT2D eigenvalue weighted by atomic mass is 10.00. The molecule has 4 unspecified atom stereocenters. The van der Waals surface area contributed by atoms with E-state index in [1.807, 2.05) is 0 Å². The first-order valence-electron chi connectivity index (χ1n) is 31.0. The molecule has 0 aromatic rings.